The summed E-state index contributed by atoms with van der Waals surface area (Å²) in [6, 6.07) is 0. The molecular weight excluding hydrogens is 284 g/mol. The lowest BCUT2D eigenvalue weighted by molar-refractivity contribution is -0.108. The van der Waals surface area contributed by atoms with Crippen LogP contribution in [0.2, 0.25) is 0 Å². The van der Waals surface area contributed by atoms with Gasteiger partial charge in [0.2, 0.25) is 0 Å². The van der Waals surface area contributed by atoms with Crippen LogP contribution in [0, 0.1) is 0 Å². The molecule has 0 rings (SSSR count). The maximum absolute atomic E-state index is 10.1. The van der Waals surface area contributed by atoms with E-state index in [-0.39, 0.29) is 0 Å². The number of hydrogen-bond acceptors (Lipinski definition) is 2. The van der Waals surface area contributed by atoms with Gasteiger partial charge in [-0.05, 0) is 6.42 Å². The predicted molar refractivity (Wildman–Crippen MR) is 101 cm³/mol. The van der Waals surface area contributed by atoms with Crippen LogP contribution in [-0.2, 0) is 9.53 Å². The van der Waals surface area contributed by atoms with Crippen molar-refractivity contribution in [3.63, 3.8) is 0 Å². The van der Waals surface area contributed by atoms with E-state index >= 15 is 0 Å². The van der Waals surface area contributed by atoms with Crippen LogP contribution in [0.4, 0.5) is 0 Å². The van der Waals surface area contributed by atoms with Gasteiger partial charge in [0.05, 0.1) is 6.61 Å². The van der Waals surface area contributed by atoms with Crippen molar-refractivity contribution in [1.82, 2.24) is 0 Å². The predicted octanol–water partition coefficient (Wildman–Crippen LogP) is 6.85. The fourth-order valence-electron chi connectivity index (χ4n) is 2.99. The van der Waals surface area contributed by atoms with E-state index < -0.39 is 0 Å². The first kappa shape index (κ1) is 22.6. The maximum atomic E-state index is 10.1. The van der Waals surface area contributed by atoms with Crippen LogP contribution >= 0.6 is 0 Å². The lowest BCUT2D eigenvalue weighted by atomic mass is 10.0. The van der Waals surface area contributed by atoms with Crippen molar-refractivity contribution in [3.05, 3.63) is 0 Å². The van der Waals surface area contributed by atoms with Crippen LogP contribution in [-0.4, -0.2) is 19.5 Å². The van der Waals surface area contributed by atoms with Crippen LogP contribution < -0.4 is 0 Å². The second kappa shape index (κ2) is 21.6. The molecule has 0 spiro atoms. The van der Waals surface area contributed by atoms with Crippen molar-refractivity contribution in [1.29, 1.82) is 0 Å². The standard InChI is InChI=1S/C21H42O2/c1-2-3-4-5-6-7-8-9-10-11-12-13-14-15-16-17-20-23-21-18-19-22/h19H,2-18,20-21H2,1H3. The van der Waals surface area contributed by atoms with Crippen molar-refractivity contribution in [2.24, 2.45) is 0 Å². The third-order valence-corrected chi connectivity index (χ3v) is 4.52. The van der Waals surface area contributed by atoms with E-state index in [0.717, 1.165) is 19.3 Å². The molecule has 0 unspecified atom stereocenters. The van der Waals surface area contributed by atoms with Gasteiger partial charge in [-0.15, -0.1) is 0 Å². The van der Waals surface area contributed by atoms with Crippen molar-refractivity contribution in [2.45, 2.75) is 116 Å². The van der Waals surface area contributed by atoms with Crippen LogP contribution in [0.25, 0.3) is 0 Å². The SMILES string of the molecule is CCCCCCCCCCCCCCCCCCOCCC=O. The first-order valence-electron chi connectivity index (χ1n) is 10.4. The summed E-state index contributed by atoms with van der Waals surface area (Å²) in [6.07, 6.45) is 23.8. The van der Waals surface area contributed by atoms with Gasteiger partial charge in [-0.3, -0.25) is 0 Å². The summed E-state index contributed by atoms with van der Waals surface area (Å²) < 4.78 is 5.36. The van der Waals surface area contributed by atoms with Crippen molar-refractivity contribution >= 4 is 6.29 Å². The highest BCUT2D eigenvalue weighted by Gasteiger charge is 1.95. The molecule has 0 atom stereocenters. The zero-order valence-electron chi connectivity index (χ0n) is 15.8. The lowest BCUT2D eigenvalue weighted by Gasteiger charge is -2.04. The molecule has 2 nitrogen and oxygen atoms in total. The summed E-state index contributed by atoms with van der Waals surface area (Å²) in [4.78, 5) is 10.1. The zero-order chi connectivity index (χ0) is 16.8. The minimum atomic E-state index is 0.541. The van der Waals surface area contributed by atoms with Gasteiger partial charge in [0.1, 0.15) is 6.29 Å². The van der Waals surface area contributed by atoms with Crippen LogP contribution in [0.15, 0.2) is 0 Å². The second-order valence-electron chi connectivity index (χ2n) is 6.87. The van der Waals surface area contributed by atoms with E-state index in [2.05, 4.69) is 6.92 Å². The number of ether oxygens (including phenoxy) is 1. The Bertz CT molecular complexity index is 216. The topological polar surface area (TPSA) is 26.3 Å². The molecule has 0 aromatic carbocycles. The summed E-state index contributed by atoms with van der Waals surface area (Å²) in [5, 5.41) is 0. The fourth-order valence-corrected chi connectivity index (χ4v) is 2.99. The molecule has 0 aromatic heterocycles. The average molecular weight is 327 g/mol. The van der Waals surface area contributed by atoms with E-state index in [9.17, 15) is 4.79 Å². The number of hydrogen-bond donors (Lipinski definition) is 0. The summed E-state index contributed by atoms with van der Waals surface area (Å²) >= 11 is 0. The van der Waals surface area contributed by atoms with Gasteiger partial charge in [-0.2, -0.15) is 0 Å². The molecule has 0 N–H and O–H groups in total. The highest BCUT2D eigenvalue weighted by molar-refractivity contribution is 5.49. The quantitative estimate of drug-likeness (QED) is 0.180. The summed E-state index contributed by atoms with van der Waals surface area (Å²) in [5.74, 6) is 0. The van der Waals surface area contributed by atoms with E-state index in [1.165, 1.54) is 96.3 Å². The van der Waals surface area contributed by atoms with Crippen LogP contribution in [0.1, 0.15) is 116 Å². The highest BCUT2D eigenvalue weighted by Crippen LogP contribution is 2.13. The Morgan fingerprint density at radius 1 is 0.565 bits per heavy atom. The molecule has 0 fully saturated rings. The van der Waals surface area contributed by atoms with Crippen LogP contribution in [0.5, 0.6) is 0 Å². The Balaban J connectivity index is 2.93. The van der Waals surface area contributed by atoms with Crippen molar-refractivity contribution in [3.8, 4) is 0 Å². The second-order valence-corrected chi connectivity index (χ2v) is 6.87. The van der Waals surface area contributed by atoms with Crippen molar-refractivity contribution in [2.75, 3.05) is 13.2 Å². The van der Waals surface area contributed by atoms with Gasteiger partial charge in [-0.25, -0.2) is 0 Å². The Morgan fingerprint density at radius 3 is 1.35 bits per heavy atom. The Labute approximate surface area is 145 Å². The third-order valence-electron chi connectivity index (χ3n) is 4.52. The van der Waals surface area contributed by atoms with Gasteiger partial charge in [0.25, 0.3) is 0 Å². The van der Waals surface area contributed by atoms with E-state index in [1.807, 2.05) is 0 Å². The monoisotopic (exact) mass is 326 g/mol. The van der Waals surface area contributed by atoms with Crippen molar-refractivity contribution < 1.29 is 9.53 Å². The van der Waals surface area contributed by atoms with Crippen LogP contribution in [0.3, 0.4) is 0 Å². The first-order valence-corrected chi connectivity index (χ1v) is 10.4. The molecule has 0 aliphatic carbocycles. The highest BCUT2D eigenvalue weighted by atomic mass is 16.5. The molecule has 0 saturated carbocycles. The van der Waals surface area contributed by atoms with Gasteiger partial charge in [-0.1, -0.05) is 103 Å². The summed E-state index contributed by atoms with van der Waals surface area (Å²) in [6.45, 7) is 3.71. The smallest absolute Gasteiger partial charge is 0.122 e. The Morgan fingerprint density at radius 2 is 0.957 bits per heavy atom. The van der Waals surface area contributed by atoms with Gasteiger partial charge in [0, 0.05) is 13.0 Å². The normalized spacial score (nSPS) is 11.0. The summed E-state index contributed by atoms with van der Waals surface area (Å²) in [7, 11) is 0. The lowest BCUT2D eigenvalue weighted by Crippen LogP contribution is -1.97. The number of aldehydes is 1. The molecule has 0 bridgehead atoms. The Kier molecular flexibility index (Phi) is 21.3. The Hall–Kier alpha value is -0.370. The molecule has 0 amide bonds. The largest absolute Gasteiger partial charge is 0.381 e. The molecule has 0 saturated heterocycles. The zero-order valence-corrected chi connectivity index (χ0v) is 15.8. The molecule has 23 heavy (non-hydrogen) atoms. The fraction of sp³-hybridized carbons (Fsp3) is 0.952. The van der Waals surface area contributed by atoms with Gasteiger partial charge >= 0.3 is 0 Å². The molecule has 0 radical (unpaired) electrons. The maximum Gasteiger partial charge on any atom is 0.122 e. The third kappa shape index (κ3) is 21.6. The number of unbranched alkanes of at least 4 members (excludes halogenated alkanes) is 15. The molecule has 2 heteroatoms. The van der Waals surface area contributed by atoms with E-state index in [0.29, 0.717) is 13.0 Å². The molecule has 0 aliphatic rings. The van der Waals surface area contributed by atoms with E-state index in [1.54, 1.807) is 0 Å². The molecule has 138 valence electrons. The van der Waals surface area contributed by atoms with Gasteiger partial charge < -0.3 is 9.53 Å². The molecule has 0 aliphatic heterocycles. The molecular formula is C21H42O2. The minimum absolute atomic E-state index is 0.541. The summed E-state index contributed by atoms with van der Waals surface area (Å²) in [5.41, 5.74) is 0. The number of rotatable bonds is 20. The molecule has 0 aromatic rings. The average Bonchev–Trinajstić information content (AvgIpc) is 2.57. The molecule has 0 heterocycles. The number of carbonyl (C=O) groups is 1. The minimum Gasteiger partial charge on any atom is -0.381 e. The number of carbonyl (C=O) groups excluding carboxylic acids is 1. The first-order chi connectivity index (χ1) is 11.4. The van der Waals surface area contributed by atoms with E-state index in [4.69, 9.17) is 4.74 Å². The van der Waals surface area contributed by atoms with Gasteiger partial charge in [0.15, 0.2) is 0 Å².